The molecular weight excluding hydrogens is 739 g/mol. The van der Waals surface area contributed by atoms with Crippen LogP contribution in [0, 0.1) is 0 Å². The number of esters is 3. The maximum Gasteiger partial charge on any atom is 0.354 e. The van der Waals surface area contributed by atoms with Crippen molar-refractivity contribution in [1.29, 1.82) is 0 Å². The van der Waals surface area contributed by atoms with Crippen LogP contribution in [0.15, 0.2) is 138 Å². The van der Waals surface area contributed by atoms with Crippen LogP contribution >= 0.6 is 0 Å². The second-order valence-electron chi connectivity index (χ2n) is 12.3. The Morgan fingerprint density at radius 2 is 0.948 bits per heavy atom. The molecule has 58 heavy (non-hydrogen) atoms. The van der Waals surface area contributed by atoms with Crippen LogP contribution in [0.5, 0.6) is 0 Å². The highest BCUT2D eigenvalue weighted by atomic mass is 16.5. The Hall–Kier alpha value is -6.56. The first-order valence-corrected chi connectivity index (χ1v) is 18.7. The number of allylic oxidation sites excluding steroid dienone is 5. The van der Waals surface area contributed by atoms with E-state index < -0.39 is 30.0 Å². The number of amides is 3. The molecule has 0 aliphatic carbocycles. The van der Waals surface area contributed by atoms with E-state index in [1.807, 2.05) is 84.9 Å². The van der Waals surface area contributed by atoms with Gasteiger partial charge < -0.3 is 30.2 Å². The van der Waals surface area contributed by atoms with E-state index >= 15 is 0 Å². The molecule has 0 saturated carbocycles. The molecule has 0 unspecified atom stereocenters. The summed E-state index contributed by atoms with van der Waals surface area (Å²) in [5.41, 5.74) is 3.73. The summed E-state index contributed by atoms with van der Waals surface area (Å²) in [7, 11) is 3.89. The number of hydrogen-bond donors (Lipinski definition) is 3. The molecule has 312 valence electrons. The Balaban J connectivity index is 0.000000822. The quantitative estimate of drug-likeness (QED) is 0.0487. The number of methoxy groups -OCH3 is 3. The van der Waals surface area contributed by atoms with Crippen LogP contribution in [-0.2, 0) is 28.6 Å². The average molecular weight is 798 g/mol. The molecule has 3 aromatic carbocycles. The fourth-order valence-electron chi connectivity index (χ4n) is 4.31. The third-order valence-corrected chi connectivity index (χ3v) is 7.30. The maximum absolute atomic E-state index is 12.0. The fraction of sp³-hybridized carbons (Fsp3) is 0.304. The lowest BCUT2D eigenvalue weighted by Crippen LogP contribution is -2.41. The molecule has 0 aliphatic heterocycles. The third-order valence-electron chi connectivity index (χ3n) is 7.30. The van der Waals surface area contributed by atoms with Gasteiger partial charge in [-0.25, -0.2) is 14.4 Å². The molecule has 0 spiro atoms. The van der Waals surface area contributed by atoms with E-state index in [0.717, 1.165) is 11.1 Å². The first-order chi connectivity index (χ1) is 27.8. The molecule has 3 aromatic rings. The second kappa shape index (κ2) is 30.6. The van der Waals surface area contributed by atoms with E-state index in [4.69, 9.17) is 4.74 Å². The molecule has 12 heteroatoms. The van der Waals surface area contributed by atoms with E-state index in [1.165, 1.54) is 27.4 Å². The van der Waals surface area contributed by atoms with Gasteiger partial charge in [0.25, 0.3) is 17.7 Å². The van der Waals surface area contributed by atoms with Crippen LogP contribution in [0.1, 0.15) is 92.4 Å². The van der Waals surface area contributed by atoms with Crippen molar-refractivity contribution in [3.8, 4) is 0 Å². The summed E-state index contributed by atoms with van der Waals surface area (Å²) in [6, 6.07) is 24.9. The van der Waals surface area contributed by atoms with Gasteiger partial charge in [0.1, 0.15) is 17.8 Å². The number of nitrogens with one attached hydrogen (secondary N) is 3. The summed E-state index contributed by atoms with van der Waals surface area (Å²) in [6.45, 7) is 13.5. The van der Waals surface area contributed by atoms with Crippen LogP contribution in [0.3, 0.4) is 0 Å². The van der Waals surface area contributed by atoms with E-state index in [0.29, 0.717) is 29.5 Å². The van der Waals surface area contributed by atoms with E-state index in [-0.39, 0.29) is 23.4 Å². The molecule has 0 fully saturated rings. The molecule has 0 bridgehead atoms. The Labute approximate surface area is 343 Å². The predicted octanol–water partition coefficient (Wildman–Crippen LogP) is 7.70. The second-order valence-corrected chi connectivity index (χ2v) is 12.3. The molecule has 12 nitrogen and oxygen atoms in total. The summed E-state index contributed by atoms with van der Waals surface area (Å²) in [5.74, 6) is -2.38. The normalized spacial score (nSPS) is 11.0. The Bertz CT molecular complexity index is 1830. The minimum Gasteiger partial charge on any atom is -0.467 e. The van der Waals surface area contributed by atoms with Crippen molar-refractivity contribution in [3.05, 3.63) is 155 Å². The highest BCUT2D eigenvalue weighted by Crippen LogP contribution is 2.06. The monoisotopic (exact) mass is 797 g/mol. The van der Waals surface area contributed by atoms with Crippen molar-refractivity contribution in [2.75, 3.05) is 21.3 Å². The van der Waals surface area contributed by atoms with Gasteiger partial charge in [-0.3, -0.25) is 14.4 Å². The summed E-state index contributed by atoms with van der Waals surface area (Å²) in [4.78, 5) is 70.5. The lowest BCUT2D eigenvalue weighted by atomic mass is 10.1. The van der Waals surface area contributed by atoms with Crippen LogP contribution in [-0.4, -0.2) is 69.0 Å². The number of carbonyl (C=O) groups excluding carboxylic acids is 6. The molecule has 0 aromatic heterocycles. The van der Waals surface area contributed by atoms with Crippen LogP contribution in [0.25, 0.3) is 0 Å². The zero-order valence-corrected chi connectivity index (χ0v) is 35.3. The van der Waals surface area contributed by atoms with Gasteiger partial charge in [-0.05, 0) is 89.9 Å². The number of hydrogen-bond acceptors (Lipinski definition) is 9. The lowest BCUT2D eigenvalue weighted by molar-refractivity contribution is -0.143. The highest BCUT2D eigenvalue weighted by molar-refractivity contribution is 6.01. The van der Waals surface area contributed by atoms with Gasteiger partial charge in [-0.2, -0.15) is 0 Å². The largest absolute Gasteiger partial charge is 0.467 e. The van der Waals surface area contributed by atoms with Gasteiger partial charge in [-0.1, -0.05) is 104 Å². The molecule has 0 heterocycles. The fourth-order valence-corrected chi connectivity index (χ4v) is 4.31. The summed E-state index contributed by atoms with van der Waals surface area (Å²) < 4.78 is 14.0. The van der Waals surface area contributed by atoms with E-state index in [1.54, 1.807) is 78.9 Å². The average Bonchev–Trinajstić information content (AvgIpc) is 3.26. The molecule has 0 saturated heterocycles. The van der Waals surface area contributed by atoms with Crippen LogP contribution in [0.2, 0.25) is 0 Å². The van der Waals surface area contributed by atoms with Crippen LogP contribution in [0.4, 0.5) is 0 Å². The molecule has 3 amide bonds. The SMILES string of the molecule is CC.CC=CC[C@H](NC(=O)c1ccccc1)C(=O)OC.COC(=O)/C(=C/C=C(C)C)NC(=O)c1ccccc1.COC(=O)[C@H](CC=C(C)C)NC(=O)c1ccccc1. The Morgan fingerprint density at radius 3 is 1.29 bits per heavy atom. The Morgan fingerprint density at radius 1 is 0.552 bits per heavy atom. The van der Waals surface area contributed by atoms with Gasteiger partial charge in [0.2, 0.25) is 0 Å². The van der Waals surface area contributed by atoms with Gasteiger partial charge in [-0.15, -0.1) is 0 Å². The van der Waals surface area contributed by atoms with Crippen molar-refractivity contribution in [2.24, 2.45) is 0 Å². The molecule has 0 aliphatic rings. The van der Waals surface area contributed by atoms with Gasteiger partial charge in [0, 0.05) is 16.7 Å². The van der Waals surface area contributed by atoms with Gasteiger partial charge in [0.05, 0.1) is 21.3 Å². The third kappa shape index (κ3) is 21.5. The van der Waals surface area contributed by atoms with Gasteiger partial charge >= 0.3 is 17.9 Å². The zero-order valence-electron chi connectivity index (χ0n) is 35.3. The Kier molecular flexibility index (Phi) is 27.2. The molecule has 3 rings (SSSR count). The van der Waals surface area contributed by atoms with Crippen molar-refractivity contribution in [2.45, 2.75) is 73.4 Å². The topological polar surface area (TPSA) is 166 Å². The predicted molar refractivity (Wildman–Crippen MR) is 228 cm³/mol. The van der Waals surface area contributed by atoms with Crippen LogP contribution < -0.4 is 16.0 Å². The zero-order chi connectivity index (χ0) is 43.9. The van der Waals surface area contributed by atoms with Gasteiger partial charge in [0.15, 0.2) is 0 Å². The van der Waals surface area contributed by atoms with Crippen molar-refractivity contribution >= 4 is 35.6 Å². The molecule has 2 atom stereocenters. The number of benzene rings is 3. The number of ether oxygens (including phenoxy) is 3. The van der Waals surface area contributed by atoms with Crippen molar-refractivity contribution in [1.82, 2.24) is 16.0 Å². The first kappa shape index (κ1) is 51.4. The van der Waals surface area contributed by atoms with E-state index in [2.05, 4.69) is 25.4 Å². The molecule has 3 N–H and O–H groups in total. The smallest absolute Gasteiger partial charge is 0.354 e. The minimum atomic E-state index is -0.660. The summed E-state index contributed by atoms with van der Waals surface area (Å²) >= 11 is 0. The molecule has 0 radical (unpaired) electrons. The first-order valence-electron chi connectivity index (χ1n) is 18.7. The minimum absolute atomic E-state index is 0.109. The lowest BCUT2D eigenvalue weighted by Gasteiger charge is -2.15. The summed E-state index contributed by atoms with van der Waals surface area (Å²) in [5, 5.41) is 7.88. The van der Waals surface area contributed by atoms with E-state index in [9.17, 15) is 28.8 Å². The maximum atomic E-state index is 12.0. The van der Waals surface area contributed by atoms with Crippen molar-refractivity contribution in [3.63, 3.8) is 0 Å². The van der Waals surface area contributed by atoms with Crippen molar-refractivity contribution < 1.29 is 43.0 Å². The number of carbonyl (C=O) groups is 6. The number of rotatable bonds is 14. The summed E-state index contributed by atoms with van der Waals surface area (Å²) in [6.07, 6.45) is 9.64. The standard InChI is InChI=1S/C15H19NO3.C15H17NO3.C14H17NO3.C2H6/c2*1-11(2)9-10-13(15(18)19-3)16-14(17)12-7-5-4-6-8-12;1-3-4-10-12(14(17)18-2)15-13(16)11-8-6-5-7-9-11;1-2/h4-9,13H,10H2,1-3H3,(H,16,17);4-10H,1-3H3,(H,16,17);3-9,12H,10H2,1-2H3,(H,15,16);1-2H3/b;13-10-;;/t13-;;12-;/m0.0./s1. The molecular formula is C46H59N3O9. The highest BCUT2D eigenvalue weighted by Gasteiger charge is 2.22.